The minimum absolute atomic E-state index is 0. The molecular weight excluding hydrogens is 280 g/mol. The zero-order chi connectivity index (χ0) is 13.7. The van der Waals surface area contributed by atoms with Crippen molar-refractivity contribution in [3.8, 4) is 0 Å². The molecule has 0 spiro atoms. The third kappa shape index (κ3) is 5.81. The summed E-state index contributed by atoms with van der Waals surface area (Å²) in [5, 5.41) is 5.05. The van der Waals surface area contributed by atoms with Gasteiger partial charge in [-0.2, -0.15) is 0 Å². The topological polar surface area (TPSA) is 0 Å². The first-order valence-corrected chi connectivity index (χ1v) is 10.9. The summed E-state index contributed by atoms with van der Waals surface area (Å²) in [7, 11) is 0. The fourth-order valence-corrected chi connectivity index (χ4v) is 5.55. The number of hydrogen-bond donors (Lipinski definition) is 0. The molecule has 0 bridgehead atoms. The minimum Gasteiger partial charge on any atom is -0.0149 e. The minimum atomic E-state index is -0.654. The third-order valence-corrected chi connectivity index (χ3v) is 7.41. The molecule has 2 heteroatoms. The van der Waals surface area contributed by atoms with E-state index in [1.54, 1.807) is 0 Å². The van der Waals surface area contributed by atoms with Crippen LogP contribution in [0.2, 0.25) is 14.7 Å². The maximum atomic E-state index is 3.66. The fourth-order valence-electron chi connectivity index (χ4n) is 2.63. The molecule has 19 heavy (non-hydrogen) atoms. The van der Waals surface area contributed by atoms with Gasteiger partial charge in [-0.25, -0.2) is 0 Å². The van der Waals surface area contributed by atoms with Crippen molar-refractivity contribution >= 4 is 11.0 Å². The van der Waals surface area contributed by atoms with Gasteiger partial charge < -0.3 is 0 Å². The number of hydrogen-bond acceptors (Lipinski definition) is 0. The summed E-state index contributed by atoms with van der Waals surface area (Å²) >= 11 is -0.654. The molecule has 0 heterocycles. The first-order chi connectivity index (χ1) is 8.43. The van der Waals surface area contributed by atoms with E-state index in [0.29, 0.717) is 0 Å². The summed E-state index contributed by atoms with van der Waals surface area (Å²) in [5.41, 5.74) is 2.13. The first-order valence-electron chi connectivity index (χ1n) is 6.90. The summed E-state index contributed by atoms with van der Waals surface area (Å²) in [6.45, 7) is 11.2. The van der Waals surface area contributed by atoms with Crippen molar-refractivity contribution in [2.75, 3.05) is 0 Å². The van der Waals surface area contributed by atoms with Gasteiger partial charge in [-0.3, -0.25) is 0 Å². The number of fused-ring (bicyclic) bond motifs is 1. The molecule has 0 radical (unpaired) electrons. The average molecular weight is 311 g/mol. The number of allylic oxidation sites excluding steroid dienone is 6. The third-order valence-electron chi connectivity index (χ3n) is 4.04. The maximum absolute atomic E-state index is 3.66. The van der Waals surface area contributed by atoms with Crippen LogP contribution in [0, 0.1) is 11.8 Å². The predicted octanol–water partition coefficient (Wildman–Crippen LogP) is 4.33. The van der Waals surface area contributed by atoms with Crippen LogP contribution in [0.25, 0.3) is 0 Å². The summed E-state index contributed by atoms with van der Waals surface area (Å²) in [4.78, 5) is 0. The Balaban J connectivity index is 0.000000404. The van der Waals surface area contributed by atoms with Gasteiger partial charge in [0.1, 0.15) is 0 Å². The maximum Gasteiger partial charge on any atom is -0.0149 e. The molecule has 3 unspecified atom stereocenters. The molecule has 0 aromatic carbocycles. The van der Waals surface area contributed by atoms with Crippen molar-refractivity contribution in [1.82, 2.24) is 0 Å². The van der Waals surface area contributed by atoms with Crippen LogP contribution in [-0.2, 0) is 17.9 Å². The van der Waals surface area contributed by atoms with Crippen LogP contribution in [0.15, 0.2) is 48.6 Å². The molecule has 3 atom stereocenters. The van der Waals surface area contributed by atoms with Crippen LogP contribution in [0.1, 0.15) is 26.7 Å². The van der Waals surface area contributed by atoms with Crippen LogP contribution in [0.5, 0.6) is 0 Å². The van der Waals surface area contributed by atoms with Crippen molar-refractivity contribution in [3.05, 3.63) is 48.6 Å². The van der Waals surface area contributed by atoms with Gasteiger partial charge in [0, 0.05) is 0 Å². The second-order valence-corrected chi connectivity index (χ2v) is 10.4. The van der Waals surface area contributed by atoms with E-state index < -0.39 is 17.9 Å². The zero-order valence-corrected chi connectivity index (χ0v) is 13.9. The summed E-state index contributed by atoms with van der Waals surface area (Å²) < 4.78 is 1.11. The van der Waals surface area contributed by atoms with Gasteiger partial charge in [-0.05, 0) is 24.8 Å². The zero-order valence-electron chi connectivity index (χ0n) is 12.4. The van der Waals surface area contributed by atoms with Crippen LogP contribution >= 0.6 is 0 Å². The normalized spacial score (nSPS) is 26.6. The molecule has 2 aliphatic carbocycles. The molecule has 0 aromatic heterocycles. The molecular formula is C17H31SiTi. The second-order valence-electron chi connectivity index (χ2n) is 5.83. The summed E-state index contributed by atoms with van der Waals surface area (Å²) in [5.74, 6) is 1.84. The molecule has 1 saturated carbocycles. The van der Waals surface area contributed by atoms with Gasteiger partial charge in [0.25, 0.3) is 0 Å². The van der Waals surface area contributed by atoms with Gasteiger partial charge >= 0.3 is 81.5 Å². The van der Waals surface area contributed by atoms with Crippen molar-refractivity contribution in [1.29, 1.82) is 0 Å². The Kier molecular flexibility index (Phi) is 8.89. The quantitative estimate of drug-likeness (QED) is 0.526. The SMILES string of the molecule is C=C(C)C(=C)C.[CH3][Ti]([CH3])[CH]1CCC2C=CC=CC21.[SiH4]. The molecule has 0 saturated heterocycles. The molecule has 0 aromatic rings. The van der Waals surface area contributed by atoms with Gasteiger partial charge in [-0.1, -0.05) is 24.3 Å². The fraction of sp³-hybridized carbons (Fsp3) is 0.529. The smallest absolute Gasteiger partial charge is 0.0149 e. The van der Waals surface area contributed by atoms with Gasteiger partial charge in [0.15, 0.2) is 0 Å². The summed E-state index contributed by atoms with van der Waals surface area (Å²) in [6, 6.07) is 0. The van der Waals surface area contributed by atoms with E-state index in [-0.39, 0.29) is 11.0 Å². The Labute approximate surface area is 130 Å². The van der Waals surface area contributed by atoms with Crippen LogP contribution in [-0.4, -0.2) is 11.0 Å². The van der Waals surface area contributed by atoms with Crippen molar-refractivity contribution in [2.24, 2.45) is 11.8 Å². The Morgan fingerprint density at radius 3 is 2.00 bits per heavy atom. The Morgan fingerprint density at radius 1 is 1.00 bits per heavy atom. The Hall–Kier alpha value is -0.109. The van der Waals surface area contributed by atoms with E-state index >= 15 is 0 Å². The second kappa shape index (κ2) is 8.94. The van der Waals surface area contributed by atoms with Crippen molar-refractivity contribution in [2.45, 2.75) is 41.4 Å². The molecule has 2 rings (SSSR count). The van der Waals surface area contributed by atoms with E-state index in [2.05, 4.69) is 47.9 Å². The first kappa shape index (κ1) is 18.9. The van der Waals surface area contributed by atoms with E-state index in [4.69, 9.17) is 0 Å². The summed E-state index contributed by atoms with van der Waals surface area (Å²) in [6.07, 6.45) is 12.3. The molecule has 107 valence electrons. The van der Waals surface area contributed by atoms with E-state index in [0.717, 1.165) is 27.2 Å². The van der Waals surface area contributed by atoms with Crippen LogP contribution < -0.4 is 0 Å². The van der Waals surface area contributed by atoms with Crippen molar-refractivity contribution < 1.29 is 17.9 Å². The average Bonchev–Trinajstić information content (AvgIpc) is 2.73. The van der Waals surface area contributed by atoms with Gasteiger partial charge in [0.2, 0.25) is 0 Å². The van der Waals surface area contributed by atoms with E-state index in [1.807, 2.05) is 13.8 Å². The van der Waals surface area contributed by atoms with Gasteiger partial charge in [0.05, 0.1) is 0 Å². The molecule has 0 amide bonds. The largest absolute Gasteiger partial charge is 0.0149 e. The van der Waals surface area contributed by atoms with Crippen LogP contribution in [0.3, 0.4) is 0 Å². The molecule has 2 aliphatic rings. The molecule has 0 nitrogen and oxygen atoms in total. The predicted molar refractivity (Wildman–Crippen MR) is 90.9 cm³/mol. The van der Waals surface area contributed by atoms with Crippen LogP contribution in [0.4, 0.5) is 0 Å². The monoisotopic (exact) mass is 311 g/mol. The van der Waals surface area contributed by atoms with Gasteiger partial charge in [-0.15, -0.1) is 0 Å². The molecule has 1 fully saturated rings. The molecule has 0 N–H and O–H groups in total. The Morgan fingerprint density at radius 2 is 1.53 bits per heavy atom. The standard InChI is InChI=1S/C9H11.C6H10.2CH3.H4Si.Ti/c1-2-5-9-7-3-6-8(9)4-1;1-5(2)6(3)4;;;;/h1-2,4-6,8-9H,3,7H2;1,3H2,2,4H3;2*1H3;1H4;. The van der Waals surface area contributed by atoms with E-state index in [9.17, 15) is 0 Å². The Bertz CT molecular complexity index is 353. The van der Waals surface area contributed by atoms with E-state index in [1.165, 1.54) is 12.8 Å². The van der Waals surface area contributed by atoms with Crippen molar-refractivity contribution in [3.63, 3.8) is 0 Å². The molecule has 0 aliphatic heterocycles. The number of rotatable bonds is 2.